The van der Waals surface area contributed by atoms with Crippen LogP contribution in [0.1, 0.15) is 47.0 Å². The van der Waals surface area contributed by atoms with Gasteiger partial charge >= 0.3 is 11.9 Å². The highest BCUT2D eigenvalue weighted by Gasteiger charge is 2.62. The first kappa shape index (κ1) is 20.4. The lowest BCUT2D eigenvalue weighted by atomic mass is 9.94. The van der Waals surface area contributed by atoms with Crippen molar-refractivity contribution in [3.05, 3.63) is 12.7 Å². The van der Waals surface area contributed by atoms with Crippen LogP contribution in [-0.4, -0.2) is 46.8 Å². The van der Waals surface area contributed by atoms with Crippen LogP contribution in [0.15, 0.2) is 12.7 Å². The van der Waals surface area contributed by atoms with Crippen molar-refractivity contribution in [3.63, 3.8) is 0 Å². The maximum absolute atomic E-state index is 12.8. The van der Waals surface area contributed by atoms with E-state index < -0.39 is 46.9 Å². The number of carbonyl (C=O) groups excluding carboxylic acids is 3. The molecule has 2 aliphatic rings. The van der Waals surface area contributed by atoms with Gasteiger partial charge in [0.25, 0.3) is 0 Å². The molecule has 1 amide bonds. The van der Waals surface area contributed by atoms with Crippen LogP contribution in [0.5, 0.6) is 0 Å². The summed E-state index contributed by atoms with van der Waals surface area (Å²) in [4.78, 5) is 37.6. The molecule has 2 aliphatic carbocycles. The predicted molar refractivity (Wildman–Crippen MR) is 93.9 cm³/mol. The topological polar surface area (TPSA) is 102 Å². The van der Waals surface area contributed by atoms with E-state index in [4.69, 9.17) is 9.47 Å². The highest BCUT2D eigenvalue weighted by Crippen LogP contribution is 2.46. The van der Waals surface area contributed by atoms with Gasteiger partial charge in [-0.2, -0.15) is 0 Å². The van der Waals surface area contributed by atoms with Crippen molar-refractivity contribution in [2.45, 2.75) is 64.2 Å². The van der Waals surface area contributed by atoms with Crippen LogP contribution in [0.3, 0.4) is 0 Å². The number of nitrogens with one attached hydrogen (secondary N) is 1. The molecule has 2 saturated carbocycles. The predicted octanol–water partition coefficient (Wildman–Crippen LogP) is 1.34. The lowest BCUT2D eigenvalue weighted by molar-refractivity contribution is -0.163. The third-order valence-corrected chi connectivity index (χ3v) is 4.87. The number of aliphatic hydroxyl groups excluding tert-OH is 1. The largest absolute Gasteiger partial charge is 0.464 e. The van der Waals surface area contributed by atoms with Crippen molar-refractivity contribution < 1.29 is 29.0 Å². The van der Waals surface area contributed by atoms with Gasteiger partial charge in [-0.3, -0.25) is 9.59 Å². The third kappa shape index (κ3) is 4.26. The van der Waals surface area contributed by atoms with E-state index in [1.54, 1.807) is 33.8 Å². The van der Waals surface area contributed by atoms with Gasteiger partial charge in [-0.15, -0.1) is 6.58 Å². The van der Waals surface area contributed by atoms with Gasteiger partial charge in [-0.05, 0) is 47.0 Å². The van der Waals surface area contributed by atoms with Crippen LogP contribution in [-0.2, 0) is 23.9 Å². The molecule has 0 saturated heterocycles. The zero-order valence-electron chi connectivity index (χ0n) is 15.9. The molecule has 2 N–H and O–H groups in total. The van der Waals surface area contributed by atoms with Gasteiger partial charge < -0.3 is 19.9 Å². The summed E-state index contributed by atoms with van der Waals surface area (Å²) in [5.74, 6) is -3.10. The maximum atomic E-state index is 12.8. The Kier molecular flexibility index (Phi) is 5.80. The second-order valence-electron chi connectivity index (χ2n) is 8.10. The van der Waals surface area contributed by atoms with Crippen molar-refractivity contribution in [2.75, 3.05) is 6.61 Å². The number of ether oxygens (including phenoxy) is 2. The van der Waals surface area contributed by atoms with E-state index in [9.17, 15) is 19.5 Å². The Labute approximate surface area is 154 Å². The molecule has 0 aliphatic heterocycles. The molecule has 0 aromatic heterocycles. The molecule has 0 aromatic rings. The summed E-state index contributed by atoms with van der Waals surface area (Å²) in [5, 5.41) is 12.7. The van der Waals surface area contributed by atoms with Gasteiger partial charge in [0.2, 0.25) is 5.91 Å². The van der Waals surface area contributed by atoms with Crippen molar-refractivity contribution in [1.82, 2.24) is 5.32 Å². The van der Waals surface area contributed by atoms with E-state index in [1.165, 1.54) is 0 Å². The molecule has 5 atom stereocenters. The Morgan fingerprint density at radius 1 is 1.27 bits per heavy atom. The summed E-state index contributed by atoms with van der Waals surface area (Å²) in [7, 11) is 0. The molecular weight excluding hydrogens is 338 g/mol. The fraction of sp³-hybridized carbons (Fsp3) is 0.737. The number of hydrogen-bond acceptors (Lipinski definition) is 6. The third-order valence-electron chi connectivity index (χ3n) is 4.87. The molecule has 0 spiro atoms. The van der Waals surface area contributed by atoms with E-state index in [1.807, 2.05) is 0 Å². The summed E-state index contributed by atoms with van der Waals surface area (Å²) >= 11 is 0. The van der Waals surface area contributed by atoms with Crippen molar-refractivity contribution in [1.29, 1.82) is 0 Å². The highest BCUT2D eigenvalue weighted by atomic mass is 16.6. The average Bonchev–Trinajstić information content (AvgIpc) is 3.09. The first-order chi connectivity index (χ1) is 12.0. The molecule has 2 rings (SSSR count). The van der Waals surface area contributed by atoms with Crippen LogP contribution < -0.4 is 5.32 Å². The van der Waals surface area contributed by atoms with E-state index >= 15 is 0 Å². The summed E-state index contributed by atoms with van der Waals surface area (Å²) in [6.07, 6.45) is 1.62. The molecule has 7 heteroatoms. The van der Waals surface area contributed by atoms with E-state index in [0.29, 0.717) is 6.42 Å². The number of esters is 2. The van der Waals surface area contributed by atoms with Crippen LogP contribution in [0.2, 0.25) is 0 Å². The van der Waals surface area contributed by atoms with Crippen LogP contribution in [0, 0.1) is 17.8 Å². The molecular formula is C19H29NO6. The first-order valence-electron chi connectivity index (χ1n) is 9.06. The summed E-state index contributed by atoms with van der Waals surface area (Å²) in [6.45, 7) is 10.8. The van der Waals surface area contributed by atoms with Crippen LogP contribution >= 0.6 is 0 Å². The Balaban J connectivity index is 2.12. The lowest BCUT2D eigenvalue weighted by Gasteiger charge is -2.26. The number of aliphatic hydroxyl groups is 1. The molecule has 0 aromatic carbocycles. The Morgan fingerprint density at radius 3 is 2.38 bits per heavy atom. The average molecular weight is 367 g/mol. The quantitative estimate of drug-likeness (QED) is 0.543. The lowest BCUT2D eigenvalue weighted by Crippen LogP contribution is -2.49. The van der Waals surface area contributed by atoms with Crippen LogP contribution in [0.25, 0.3) is 0 Å². The normalized spacial score (nSPS) is 33.3. The van der Waals surface area contributed by atoms with E-state index in [2.05, 4.69) is 11.9 Å². The monoisotopic (exact) mass is 367 g/mol. The first-order valence-corrected chi connectivity index (χ1v) is 9.06. The SMILES string of the molecule is C=CC1CC1(NC(=O)C1CC(O)CC1C(=O)OC(C)(C)C)C(=O)OCC. The molecule has 0 bridgehead atoms. The van der Waals surface area contributed by atoms with Gasteiger partial charge in [0.05, 0.1) is 24.5 Å². The van der Waals surface area contributed by atoms with Crippen LogP contribution in [0.4, 0.5) is 0 Å². The smallest absolute Gasteiger partial charge is 0.332 e. The molecule has 7 nitrogen and oxygen atoms in total. The molecule has 2 fully saturated rings. The zero-order chi connectivity index (χ0) is 19.7. The summed E-state index contributed by atoms with van der Waals surface area (Å²) in [5.41, 5.74) is -1.79. The van der Waals surface area contributed by atoms with Gasteiger partial charge in [0.15, 0.2) is 0 Å². The summed E-state index contributed by atoms with van der Waals surface area (Å²) < 4.78 is 10.5. The van der Waals surface area contributed by atoms with Gasteiger partial charge in [0.1, 0.15) is 11.1 Å². The van der Waals surface area contributed by atoms with E-state index in [-0.39, 0.29) is 25.4 Å². The Morgan fingerprint density at radius 2 is 1.88 bits per heavy atom. The minimum atomic E-state index is -1.11. The van der Waals surface area contributed by atoms with Gasteiger partial charge in [0, 0.05) is 5.92 Å². The Bertz CT molecular complexity index is 595. The molecule has 146 valence electrons. The minimum Gasteiger partial charge on any atom is -0.464 e. The van der Waals surface area contributed by atoms with E-state index in [0.717, 1.165) is 0 Å². The van der Waals surface area contributed by atoms with Gasteiger partial charge in [-0.1, -0.05) is 6.08 Å². The van der Waals surface area contributed by atoms with Crippen molar-refractivity contribution in [2.24, 2.45) is 17.8 Å². The minimum absolute atomic E-state index is 0.160. The highest BCUT2D eigenvalue weighted by molar-refractivity contribution is 5.94. The Hall–Kier alpha value is -1.89. The second-order valence-corrected chi connectivity index (χ2v) is 8.10. The molecule has 0 heterocycles. The number of rotatable bonds is 6. The molecule has 0 radical (unpaired) electrons. The standard InChI is InChI=1S/C19H29NO6/c1-6-11-10-19(11,17(24)25-7-2)20-15(22)13-8-12(21)9-14(13)16(23)26-18(3,4)5/h6,11-14,21H,1,7-10H2,2-5H3,(H,20,22). The zero-order valence-corrected chi connectivity index (χ0v) is 15.9. The summed E-state index contributed by atoms with van der Waals surface area (Å²) in [6, 6.07) is 0. The van der Waals surface area contributed by atoms with Crippen molar-refractivity contribution >= 4 is 17.8 Å². The number of hydrogen-bond donors (Lipinski definition) is 2. The number of carbonyl (C=O) groups is 3. The fourth-order valence-corrected chi connectivity index (χ4v) is 3.51. The maximum Gasteiger partial charge on any atom is 0.332 e. The molecule has 26 heavy (non-hydrogen) atoms. The second kappa shape index (κ2) is 7.39. The fourth-order valence-electron chi connectivity index (χ4n) is 3.51. The number of amides is 1. The van der Waals surface area contributed by atoms with Crippen molar-refractivity contribution in [3.8, 4) is 0 Å². The molecule has 5 unspecified atom stereocenters. The van der Waals surface area contributed by atoms with Gasteiger partial charge in [-0.25, -0.2) is 4.79 Å².